The van der Waals surface area contributed by atoms with Crippen molar-refractivity contribution in [1.29, 1.82) is 0 Å². The molecule has 0 radical (unpaired) electrons. The van der Waals surface area contributed by atoms with Crippen molar-refractivity contribution in [3.8, 4) is 11.5 Å². The summed E-state index contributed by atoms with van der Waals surface area (Å²) in [7, 11) is 0. The van der Waals surface area contributed by atoms with Crippen LogP contribution in [0.5, 0.6) is 0 Å². The highest BCUT2D eigenvalue weighted by atomic mass is 15.3. The van der Waals surface area contributed by atoms with E-state index in [1.807, 2.05) is 22.9 Å². The Morgan fingerprint density at radius 2 is 2.25 bits per heavy atom. The lowest BCUT2D eigenvalue weighted by atomic mass is 10.2. The Morgan fingerprint density at radius 1 is 1.38 bits per heavy atom. The van der Waals surface area contributed by atoms with Crippen LogP contribution in [0.25, 0.3) is 11.5 Å². The van der Waals surface area contributed by atoms with Gasteiger partial charge in [-0.15, -0.1) is 5.10 Å². The van der Waals surface area contributed by atoms with Crippen LogP contribution in [0.4, 0.5) is 0 Å². The molecule has 0 saturated carbocycles. The van der Waals surface area contributed by atoms with Crippen molar-refractivity contribution in [3.63, 3.8) is 0 Å². The van der Waals surface area contributed by atoms with E-state index in [-0.39, 0.29) is 6.04 Å². The van der Waals surface area contributed by atoms with Crippen LogP contribution in [0, 0.1) is 0 Å². The van der Waals surface area contributed by atoms with Gasteiger partial charge in [0, 0.05) is 6.20 Å². The molecule has 2 aromatic rings. The second-order valence-corrected chi connectivity index (χ2v) is 3.69. The van der Waals surface area contributed by atoms with Crippen molar-refractivity contribution in [2.24, 2.45) is 5.73 Å². The van der Waals surface area contributed by atoms with E-state index in [1.165, 1.54) is 0 Å². The lowest BCUT2D eigenvalue weighted by Gasteiger charge is -2.08. The lowest BCUT2D eigenvalue weighted by Crippen LogP contribution is -2.11. The Hall–Kier alpha value is -1.75. The summed E-state index contributed by atoms with van der Waals surface area (Å²) in [6.07, 6.45) is 4.36. The second kappa shape index (κ2) is 4.85. The van der Waals surface area contributed by atoms with E-state index < -0.39 is 0 Å². The molecule has 0 aliphatic carbocycles. The molecule has 2 N–H and O–H groups in total. The van der Waals surface area contributed by atoms with Gasteiger partial charge in [0.2, 0.25) is 0 Å². The van der Waals surface area contributed by atoms with Crippen LogP contribution in [0.2, 0.25) is 0 Å². The molecule has 0 aromatic carbocycles. The number of nitrogens with two attached hydrogens (primary N) is 1. The first kappa shape index (κ1) is 10.8. The van der Waals surface area contributed by atoms with Gasteiger partial charge in [0.25, 0.3) is 0 Å². The van der Waals surface area contributed by atoms with Crippen LogP contribution in [-0.4, -0.2) is 26.3 Å². The molecule has 0 bridgehead atoms. The van der Waals surface area contributed by atoms with Crippen LogP contribution >= 0.6 is 0 Å². The molecule has 0 aliphatic rings. The van der Waals surface area contributed by atoms with Gasteiger partial charge in [-0.05, 0) is 32.0 Å². The maximum Gasteiger partial charge on any atom is 0.199 e. The number of rotatable bonds is 4. The fraction of sp³-hybridized carbons (Fsp3) is 0.364. The first-order valence-electron chi connectivity index (χ1n) is 5.34. The van der Waals surface area contributed by atoms with Crippen molar-refractivity contribution in [3.05, 3.63) is 30.7 Å². The monoisotopic (exact) mass is 217 g/mol. The molecule has 5 nitrogen and oxygen atoms in total. The molecule has 16 heavy (non-hydrogen) atoms. The summed E-state index contributed by atoms with van der Waals surface area (Å²) in [4.78, 5) is 8.44. The average molecular weight is 217 g/mol. The van der Waals surface area contributed by atoms with Crippen molar-refractivity contribution in [2.75, 3.05) is 6.54 Å². The van der Waals surface area contributed by atoms with Crippen LogP contribution in [0.3, 0.4) is 0 Å². The molecular weight excluding hydrogens is 202 g/mol. The van der Waals surface area contributed by atoms with Gasteiger partial charge < -0.3 is 5.73 Å². The van der Waals surface area contributed by atoms with E-state index in [1.54, 1.807) is 12.5 Å². The summed E-state index contributed by atoms with van der Waals surface area (Å²) in [5, 5.41) is 4.39. The molecular formula is C11H15N5. The molecule has 0 saturated heterocycles. The summed E-state index contributed by atoms with van der Waals surface area (Å²) >= 11 is 0. The first-order chi connectivity index (χ1) is 7.81. The molecule has 1 unspecified atom stereocenters. The molecule has 0 amide bonds. The molecule has 1 atom stereocenters. The standard InChI is InChI=1S/C11H15N5/c1-9(5-6-12)16-8-14-11(15-16)10-4-2-3-7-13-10/h2-4,7-9H,5-6,12H2,1H3. The summed E-state index contributed by atoms with van der Waals surface area (Å²) in [5.41, 5.74) is 6.30. The van der Waals surface area contributed by atoms with E-state index in [2.05, 4.69) is 22.0 Å². The maximum absolute atomic E-state index is 5.51. The number of hydrogen-bond donors (Lipinski definition) is 1. The third kappa shape index (κ3) is 2.25. The van der Waals surface area contributed by atoms with Crippen molar-refractivity contribution < 1.29 is 0 Å². The van der Waals surface area contributed by atoms with Gasteiger partial charge >= 0.3 is 0 Å². The topological polar surface area (TPSA) is 69.6 Å². The van der Waals surface area contributed by atoms with E-state index in [4.69, 9.17) is 5.73 Å². The van der Waals surface area contributed by atoms with E-state index in [0.717, 1.165) is 12.1 Å². The fourth-order valence-corrected chi connectivity index (χ4v) is 1.47. The van der Waals surface area contributed by atoms with Gasteiger partial charge in [-0.3, -0.25) is 4.98 Å². The molecule has 0 spiro atoms. The summed E-state index contributed by atoms with van der Waals surface area (Å²) in [5.74, 6) is 0.657. The molecule has 0 fully saturated rings. The summed E-state index contributed by atoms with van der Waals surface area (Å²) in [6, 6.07) is 5.96. The van der Waals surface area contributed by atoms with Gasteiger partial charge in [0.1, 0.15) is 12.0 Å². The van der Waals surface area contributed by atoms with Gasteiger partial charge in [0.15, 0.2) is 5.82 Å². The average Bonchev–Trinajstić information content (AvgIpc) is 2.80. The SMILES string of the molecule is CC(CCN)n1cnc(-c2ccccn2)n1. The van der Waals surface area contributed by atoms with Crippen LogP contribution < -0.4 is 5.73 Å². The minimum Gasteiger partial charge on any atom is -0.330 e. The Bertz CT molecular complexity index is 437. The number of hydrogen-bond acceptors (Lipinski definition) is 4. The molecule has 84 valence electrons. The van der Waals surface area contributed by atoms with Crippen LogP contribution in [0.15, 0.2) is 30.7 Å². The van der Waals surface area contributed by atoms with Gasteiger partial charge in [-0.25, -0.2) is 9.67 Å². The number of aromatic nitrogens is 4. The van der Waals surface area contributed by atoms with Crippen LogP contribution in [-0.2, 0) is 0 Å². The lowest BCUT2D eigenvalue weighted by molar-refractivity contribution is 0.465. The first-order valence-corrected chi connectivity index (χ1v) is 5.34. The molecule has 2 heterocycles. The van der Waals surface area contributed by atoms with Crippen molar-refractivity contribution in [2.45, 2.75) is 19.4 Å². The zero-order valence-electron chi connectivity index (χ0n) is 9.24. The molecule has 5 heteroatoms. The Morgan fingerprint density at radius 3 is 2.94 bits per heavy atom. The zero-order valence-corrected chi connectivity index (χ0v) is 9.24. The normalized spacial score (nSPS) is 12.6. The highest BCUT2D eigenvalue weighted by molar-refractivity contribution is 5.46. The van der Waals surface area contributed by atoms with Crippen molar-refractivity contribution >= 4 is 0 Å². The smallest absolute Gasteiger partial charge is 0.199 e. The molecule has 2 rings (SSSR count). The third-order valence-corrected chi connectivity index (χ3v) is 2.44. The second-order valence-electron chi connectivity index (χ2n) is 3.69. The maximum atomic E-state index is 5.51. The number of pyridine rings is 1. The van der Waals surface area contributed by atoms with E-state index in [9.17, 15) is 0 Å². The van der Waals surface area contributed by atoms with Gasteiger partial charge in [-0.1, -0.05) is 6.07 Å². The third-order valence-electron chi connectivity index (χ3n) is 2.44. The predicted molar refractivity (Wildman–Crippen MR) is 61.6 cm³/mol. The van der Waals surface area contributed by atoms with E-state index >= 15 is 0 Å². The highest BCUT2D eigenvalue weighted by Gasteiger charge is 2.08. The van der Waals surface area contributed by atoms with Crippen LogP contribution in [0.1, 0.15) is 19.4 Å². The highest BCUT2D eigenvalue weighted by Crippen LogP contribution is 2.13. The summed E-state index contributed by atoms with van der Waals surface area (Å²) in [6.45, 7) is 2.73. The fourth-order valence-electron chi connectivity index (χ4n) is 1.47. The largest absolute Gasteiger partial charge is 0.330 e. The van der Waals surface area contributed by atoms with E-state index in [0.29, 0.717) is 12.4 Å². The number of nitrogens with zero attached hydrogens (tertiary/aromatic N) is 4. The Balaban J connectivity index is 2.20. The minimum absolute atomic E-state index is 0.273. The summed E-state index contributed by atoms with van der Waals surface area (Å²) < 4.78 is 1.83. The van der Waals surface area contributed by atoms with Gasteiger partial charge in [-0.2, -0.15) is 0 Å². The predicted octanol–water partition coefficient (Wildman–Crippen LogP) is 1.25. The molecule has 0 aliphatic heterocycles. The Kier molecular flexibility index (Phi) is 3.26. The zero-order chi connectivity index (χ0) is 11.4. The van der Waals surface area contributed by atoms with Gasteiger partial charge in [0.05, 0.1) is 6.04 Å². The van der Waals surface area contributed by atoms with Crippen molar-refractivity contribution in [1.82, 2.24) is 19.7 Å². The molecule has 2 aromatic heterocycles. The Labute approximate surface area is 94.3 Å². The minimum atomic E-state index is 0.273. The quantitative estimate of drug-likeness (QED) is 0.836.